The largest absolute Gasteiger partial charge is 0.508 e. The standard InChI is InChI=1S/C17H18FNO3/c1-12(15-8-7-14(20)9-16(15)18)10-19-17(21)22-11-13-5-3-2-4-6-13/h2-9,12,20H,10-11H2,1H3,(H,19,21). The summed E-state index contributed by atoms with van der Waals surface area (Å²) in [5.41, 5.74) is 1.33. The fourth-order valence-electron chi connectivity index (χ4n) is 2.04. The molecule has 1 atom stereocenters. The average Bonchev–Trinajstić information content (AvgIpc) is 2.51. The molecule has 116 valence electrons. The van der Waals surface area contributed by atoms with E-state index in [2.05, 4.69) is 5.32 Å². The molecule has 22 heavy (non-hydrogen) atoms. The molecule has 2 aromatic rings. The molecule has 0 fully saturated rings. The number of carbonyl (C=O) groups excluding carboxylic acids is 1. The first kappa shape index (κ1) is 15.8. The molecule has 2 rings (SSSR count). The molecular formula is C17H18FNO3. The maximum absolute atomic E-state index is 13.7. The van der Waals surface area contributed by atoms with Crippen LogP contribution >= 0.6 is 0 Å². The number of phenolic OH excluding ortho intramolecular Hbond substituents is 1. The van der Waals surface area contributed by atoms with Gasteiger partial charge in [0.25, 0.3) is 0 Å². The summed E-state index contributed by atoms with van der Waals surface area (Å²) in [7, 11) is 0. The van der Waals surface area contributed by atoms with Crippen molar-refractivity contribution in [3.8, 4) is 5.75 Å². The van der Waals surface area contributed by atoms with Gasteiger partial charge in [-0.1, -0.05) is 43.3 Å². The fraction of sp³-hybridized carbons (Fsp3) is 0.235. The predicted octanol–water partition coefficient (Wildman–Crippen LogP) is 3.56. The number of hydrogen-bond donors (Lipinski definition) is 2. The Hall–Kier alpha value is -2.56. The summed E-state index contributed by atoms with van der Waals surface area (Å²) >= 11 is 0. The second kappa shape index (κ2) is 7.45. The number of hydrogen-bond acceptors (Lipinski definition) is 3. The van der Waals surface area contributed by atoms with Gasteiger partial charge in [-0.05, 0) is 17.2 Å². The van der Waals surface area contributed by atoms with Crippen LogP contribution in [0.1, 0.15) is 24.0 Å². The number of ether oxygens (including phenoxy) is 1. The van der Waals surface area contributed by atoms with Crippen molar-refractivity contribution in [2.45, 2.75) is 19.4 Å². The zero-order chi connectivity index (χ0) is 15.9. The third-order valence-electron chi connectivity index (χ3n) is 3.28. The number of nitrogens with one attached hydrogen (secondary N) is 1. The van der Waals surface area contributed by atoms with Crippen molar-refractivity contribution in [2.24, 2.45) is 0 Å². The van der Waals surface area contributed by atoms with Crippen LogP contribution in [0.5, 0.6) is 5.75 Å². The minimum atomic E-state index is -0.546. The fourth-order valence-corrected chi connectivity index (χ4v) is 2.04. The monoisotopic (exact) mass is 303 g/mol. The van der Waals surface area contributed by atoms with E-state index in [0.29, 0.717) is 5.56 Å². The van der Waals surface area contributed by atoms with Gasteiger partial charge in [-0.3, -0.25) is 0 Å². The minimum absolute atomic E-state index is 0.122. The van der Waals surface area contributed by atoms with E-state index in [-0.39, 0.29) is 24.8 Å². The molecule has 0 aliphatic rings. The molecule has 5 heteroatoms. The number of halogens is 1. The highest BCUT2D eigenvalue weighted by Gasteiger charge is 2.13. The molecule has 0 aliphatic heterocycles. The second-order valence-corrected chi connectivity index (χ2v) is 5.05. The van der Waals surface area contributed by atoms with E-state index in [9.17, 15) is 14.3 Å². The number of aromatic hydroxyl groups is 1. The lowest BCUT2D eigenvalue weighted by molar-refractivity contribution is 0.139. The van der Waals surface area contributed by atoms with Crippen LogP contribution in [-0.4, -0.2) is 17.7 Å². The number of benzene rings is 2. The smallest absolute Gasteiger partial charge is 0.407 e. The highest BCUT2D eigenvalue weighted by molar-refractivity contribution is 5.67. The quantitative estimate of drug-likeness (QED) is 0.888. The van der Waals surface area contributed by atoms with Crippen LogP contribution in [0.3, 0.4) is 0 Å². The van der Waals surface area contributed by atoms with E-state index in [1.54, 1.807) is 6.92 Å². The number of phenols is 1. The Bertz CT molecular complexity index is 631. The normalized spacial score (nSPS) is 11.7. The van der Waals surface area contributed by atoms with E-state index in [1.807, 2.05) is 30.3 Å². The Morgan fingerprint density at radius 1 is 1.27 bits per heavy atom. The Kier molecular flexibility index (Phi) is 5.36. The summed E-state index contributed by atoms with van der Waals surface area (Å²) in [6.07, 6.45) is -0.546. The van der Waals surface area contributed by atoms with Crippen LogP contribution in [-0.2, 0) is 11.3 Å². The maximum Gasteiger partial charge on any atom is 0.407 e. The summed E-state index contributed by atoms with van der Waals surface area (Å²) in [5.74, 6) is -0.847. The molecule has 0 saturated heterocycles. The van der Waals surface area contributed by atoms with Crippen LogP contribution in [0.15, 0.2) is 48.5 Å². The predicted molar refractivity (Wildman–Crippen MR) is 81.1 cm³/mol. The van der Waals surface area contributed by atoms with Crippen LogP contribution in [0.2, 0.25) is 0 Å². The zero-order valence-electron chi connectivity index (χ0n) is 12.3. The Labute approximate surface area is 128 Å². The first-order valence-corrected chi connectivity index (χ1v) is 6.99. The number of alkyl carbamates (subject to hydrolysis) is 1. The average molecular weight is 303 g/mol. The molecule has 4 nitrogen and oxygen atoms in total. The van der Waals surface area contributed by atoms with E-state index >= 15 is 0 Å². The Balaban J connectivity index is 1.80. The first-order chi connectivity index (χ1) is 10.6. The van der Waals surface area contributed by atoms with Gasteiger partial charge in [0.2, 0.25) is 0 Å². The molecule has 1 unspecified atom stereocenters. The summed E-state index contributed by atoms with van der Waals surface area (Å²) < 4.78 is 18.8. The molecule has 1 amide bonds. The van der Waals surface area contributed by atoms with Crippen molar-refractivity contribution in [3.63, 3.8) is 0 Å². The first-order valence-electron chi connectivity index (χ1n) is 6.99. The minimum Gasteiger partial charge on any atom is -0.508 e. The van der Waals surface area contributed by atoms with E-state index in [1.165, 1.54) is 12.1 Å². The van der Waals surface area contributed by atoms with Gasteiger partial charge in [0, 0.05) is 18.5 Å². The van der Waals surface area contributed by atoms with Crippen LogP contribution in [0.4, 0.5) is 9.18 Å². The van der Waals surface area contributed by atoms with E-state index < -0.39 is 11.9 Å². The van der Waals surface area contributed by atoms with Gasteiger partial charge < -0.3 is 15.2 Å². The third-order valence-corrected chi connectivity index (χ3v) is 3.28. The van der Waals surface area contributed by atoms with Gasteiger partial charge in [-0.15, -0.1) is 0 Å². The lowest BCUT2D eigenvalue weighted by Crippen LogP contribution is -2.28. The molecular weight excluding hydrogens is 285 g/mol. The summed E-state index contributed by atoms with van der Waals surface area (Å²) in [6, 6.07) is 13.3. The van der Waals surface area contributed by atoms with Crippen molar-refractivity contribution in [3.05, 3.63) is 65.5 Å². The number of rotatable bonds is 5. The van der Waals surface area contributed by atoms with Gasteiger partial charge >= 0.3 is 6.09 Å². The molecule has 2 N–H and O–H groups in total. The van der Waals surface area contributed by atoms with Crippen LogP contribution in [0.25, 0.3) is 0 Å². The van der Waals surface area contributed by atoms with E-state index in [4.69, 9.17) is 4.74 Å². The third kappa shape index (κ3) is 4.48. The molecule has 0 saturated carbocycles. The van der Waals surface area contributed by atoms with Gasteiger partial charge in [0.05, 0.1) is 0 Å². The summed E-state index contributed by atoms with van der Waals surface area (Å²) in [6.45, 7) is 2.22. The van der Waals surface area contributed by atoms with Crippen molar-refractivity contribution in [1.82, 2.24) is 5.32 Å². The highest BCUT2D eigenvalue weighted by Crippen LogP contribution is 2.22. The molecule has 0 aromatic heterocycles. The van der Waals surface area contributed by atoms with Gasteiger partial charge in [-0.2, -0.15) is 0 Å². The maximum atomic E-state index is 13.7. The highest BCUT2D eigenvalue weighted by atomic mass is 19.1. The van der Waals surface area contributed by atoms with Gasteiger partial charge in [0.1, 0.15) is 18.2 Å². The molecule has 0 aliphatic carbocycles. The van der Waals surface area contributed by atoms with Crippen molar-refractivity contribution >= 4 is 6.09 Å². The molecule has 0 heterocycles. The van der Waals surface area contributed by atoms with Gasteiger partial charge in [-0.25, -0.2) is 9.18 Å². The van der Waals surface area contributed by atoms with Crippen LogP contribution < -0.4 is 5.32 Å². The molecule has 0 bridgehead atoms. The number of amides is 1. The topological polar surface area (TPSA) is 58.6 Å². The summed E-state index contributed by atoms with van der Waals surface area (Å²) in [5, 5.41) is 11.8. The number of carbonyl (C=O) groups is 1. The van der Waals surface area contributed by atoms with Crippen molar-refractivity contribution < 1.29 is 19.0 Å². The van der Waals surface area contributed by atoms with Gasteiger partial charge in [0.15, 0.2) is 0 Å². The molecule has 2 aromatic carbocycles. The van der Waals surface area contributed by atoms with Crippen molar-refractivity contribution in [2.75, 3.05) is 6.54 Å². The molecule has 0 radical (unpaired) electrons. The Morgan fingerprint density at radius 2 is 2.00 bits per heavy atom. The second-order valence-electron chi connectivity index (χ2n) is 5.05. The zero-order valence-corrected chi connectivity index (χ0v) is 12.3. The Morgan fingerprint density at radius 3 is 2.68 bits per heavy atom. The SMILES string of the molecule is CC(CNC(=O)OCc1ccccc1)c1ccc(O)cc1F. The molecule has 0 spiro atoms. The lowest BCUT2D eigenvalue weighted by Gasteiger charge is -2.14. The lowest BCUT2D eigenvalue weighted by atomic mass is 10.0. The van der Waals surface area contributed by atoms with Crippen molar-refractivity contribution in [1.29, 1.82) is 0 Å². The van der Waals surface area contributed by atoms with E-state index in [0.717, 1.165) is 11.6 Å². The summed E-state index contributed by atoms with van der Waals surface area (Å²) in [4.78, 5) is 11.6. The van der Waals surface area contributed by atoms with Crippen LogP contribution in [0, 0.1) is 5.82 Å².